The normalized spacial score (nSPS) is 24.5. The molecule has 2 N–H and O–H groups in total. The molecule has 0 aliphatic heterocycles. The predicted molar refractivity (Wildman–Crippen MR) is 103 cm³/mol. The van der Waals surface area contributed by atoms with E-state index in [1.807, 2.05) is 30.3 Å². The lowest BCUT2D eigenvalue weighted by Gasteiger charge is -2.28. The molecule has 1 aromatic rings. The van der Waals surface area contributed by atoms with Crippen molar-refractivity contribution in [1.29, 1.82) is 0 Å². The Morgan fingerprint density at radius 3 is 1.96 bits per heavy atom. The van der Waals surface area contributed by atoms with Gasteiger partial charge in [0, 0.05) is 24.4 Å². The molecule has 0 radical (unpaired) electrons. The van der Waals surface area contributed by atoms with Gasteiger partial charge in [0.2, 0.25) is 11.8 Å². The molecule has 0 atom stereocenters. The first kappa shape index (κ1) is 18.9. The van der Waals surface area contributed by atoms with Crippen molar-refractivity contribution in [3.63, 3.8) is 0 Å². The SMILES string of the molecule is O=C(NCc1ccccc1)C1CCC(C(=O)NC2CCCCCC2)CC1. The van der Waals surface area contributed by atoms with Crippen molar-refractivity contribution in [3.05, 3.63) is 35.9 Å². The van der Waals surface area contributed by atoms with Crippen molar-refractivity contribution in [2.24, 2.45) is 11.8 Å². The summed E-state index contributed by atoms with van der Waals surface area (Å²) in [6, 6.07) is 10.4. The molecule has 0 unspecified atom stereocenters. The van der Waals surface area contributed by atoms with Crippen LogP contribution in [0.2, 0.25) is 0 Å². The number of rotatable bonds is 5. The molecule has 2 aliphatic rings. The maximum atomic E-state index is 12.6. The summed E-state index contributed by atoms with van der Waals surface area (Å²) in [4.78, 5) is 24.9. The fourth-order valence-corrected chi connectivity index (χ4v) is 4.29. The number of benzene rings is 1. The Kier molecular flexibility index (Phi) is 7.10. The van der Waals surface area contributed by atoms with Gasteiger partial charge in [-0.1, -0.05) is 56.0 Å². The zero-order chi connectivity index (χ0) is 18.2. The lowest BCUT2D eigenvalue weighted by atomic mass is 9.81. The fourth-order valence-electron chi connectivity index (χ4n) is 4.29. The number of hydrogen-bond donors (Lipinski definition) is 2. The van der Waals surface area contributed by atoms with Crippen molar-refractivity contribution in [2.75, 3.05) is 0 Å². The predicted octanol–water partition coefficient (Wildman–Crippen LogP) is 3.95. The van der Waals surface area contributed by atoms with E-state index in [1.54, 1.807) is 0 Å². The van der Waals surface area contributed by atoms with E-state index in [0.717, 1.165) is 44.1 Å². The topological polar surface area (TPSA) is 58.2 Å². The average molecular weight is 357 g/mol. The smallest absolute Gasteiger partial charge is 0.223 e. The minimum absolute atomic E-state index is 0.0562. The molecule has 0 aromatic heterocycles. The van der Waals surface area contributed by atoms with Crippen LogP contribution in [0.1, 0.15) is 69.8 Å². The summed E-state index contributed by atoms with van der Waals surface area (Å²) in [7, 11) is 0. The molecule has 26 heavy (non-hydrogen) atoms. The summed E-state index contributed by atoms with van der Waals surface area (Å²) in [5.41, 5.74) is 1.12. The van der Waals surface area contributed by atoms with Crippen LogP contribution in [0.25, 0.3) is 0 Å². The number of carbonyl (C=O) groups is 2. The zero-order valence-electron chi connectivity index (χ0n) is 15.7. The van der Waals surface area contributed by atoms with Gasteiger partial charge >= 0.3 is 0 Å². The summed E-state index contributed by atoms with van der Waals surface area (Å²) in [5, 5.41) is 6.33. The van der Waals surface area contributed by atoms with Gasteiger partial charge in [-0.3, -0.25) is 9.59 Å². The van der Waals surface area contributed by atoms with Crippen LogP contribution >= 0.6 is 0 Å². The molecule has 0 bridgehead atoms. The molecular weight excluding hydrogens is 324 g/mol. The van der Waals surface area contributed by atoms with E-state index in [0.29, 0.717) is 12.6 Å². The van der Waals surface area contributed by atoms with Gasteiger partial charge in [0.1, 0.15) is 0 Å². The molecule has 2 amide bonds. The van der Waals surface area contributed by atoms with E-state index in [2.05, 4.69) is 10.6 Å². The Morgan fingerprint density at radius 1 is 0.769 bits per heavy atom. The van der Waals surface area contributed by atoms with Gasteiger partial charge in [-0.15, -0.1) is 0 Å². The van der Waals surface area contributed by atoms with Crippen LogP contribution in [-0.4, -0.2) is 17.9 Å². The van der Waals surface area contributed by atoms with Crippen molar-refractivity contribution in [3.8, 4) is 0 Å². The molecule has 0 spiro atoms. The Balaban J connectivity index is 1.39. The highest BCUT2D eigenvalue weighted by Gasteiger charge is 2.30. The van der Waals surface area contributed by atoms with E-state index in [4.69, 9.17) is 0 Å². The van der Waals surface area contributed by atoms with Crippen molar-refractivity contribution in [1.82, 2.24) is 10.6 Å². The third-order valence-corrected chi connectivity index (χ3v) is 5.98. The summed E-state index contributed by atoms with van der Waals surface area (Å²) in [5.74, 6) is 0.508. The molecule has 0 heterocycles. The number of hydrogen-bond acceptors (Lipinski definition) is 2. The Bertz CT molecular complexity index is 571. The Hall–Kier alpha value is -1.84. The van der Waals surface area contributed by atoms with Gasteiger partial charge in [-0.25, -0.2) is 0 Å². The highest BCUT2D eigenvalue weighted by molar-refractivity contribution is 5.81. The standard InChI is InChI=1S/C22H32N2O2/c25-21(23-16-17-8-4-3-5-9-17)18-12-14-19(15-13-18)22(26)24-20-10-6-1-2-7-11-20/h3-5,8-9,18-20H,1-2,6-7,10-16H2,(H,23,25)(H,24,26). The van der Waals surface area contributed by atoms with E-state index in [1.165, 1.54) is 25.7 Å². The van der Waals surface area contributed by atoms with Crippen LogP contribution in [0.4, 0.5) is 0 Å². The number of nitrogens with one attached hydrogen (secondary N) is 2. The number of carbonyl (C=O) groups excluding carboxylic acids is 2. The maximum Gasteiger partial charge on any atom is 0.223 e. The second-order valence-corrected chi connectivity index (χ2v) is 7.95. The first-order chi connectivity index (χ1) is 12.7. The van der Waals surface area contributed by atoms with Gasteiger partial charge < -0.3 is 10.6 Å². The molecule has 2 saturated carbocycles. The lowest BCUT2D eigenvalue weighted by molar-refractivity contribution is -0.131. The summed E-state index contributed by atoms with van der Waals surface area (Å²) < 4.78 is 0. The van der Waals surface area contributed by atoms with Gasteiger partial charge in [-0.2, -0.15) is 0 Å². The average Bonchev–Trinajstić information content (AvgIpc) is 2.95. The molecule has 4 nitrogen and oxygen atoms in total. The summed E-state index contributed by atoms with van der Waals surface area (Å²) in [6.45, 7) is 0.585. The van der Waals surface area contributed by atoms with E-state index in [9.17, 15) is 9.59 Å². The molecule has 3 rings (SSSR count). The molecule has 4 heteroatoms. The Labute approximate surface area is 157 Å². The van der Waals surface area contributed by atoms with Crippen molar-refractivity contribution >= 4 is 11.8 Å². The van der Waals surface area contributed by atoms with Crippen molar-refractivity contribution < 1.29 is 9.59 Å². The van der Waals surface area contributed by atoms with Gasteiger partial charge in [0.25, 0.3) is 0 Å². The molecule has 1 aromatic carbocycles. The highest BCUT2D eigenvalue weighted by atomic mass is 16.2. The van der Waals surface area contributed by atoms with E-state index >= 15 is 0 Å². The molecule has 142 valence electrons. The first-order valence-electron chi connectivity index (χ1n) is 10.3. The highest BCUT2D eigenvalue weighted by Crippen LogP contribution is 2.29. The van der Waals surface area contributed by atoms with Gasteiger partial charge in [0.15, 0.2) is 0 Å². The summed E-state index contributed by atoms with van der Waals surface area (Å²) >= 11 is 0. The minimum Gasteiger partial charge on any atom is -0.353 e. The Morgan fingerprint density at radius 2 is 1.35 bits per heavy atom. The second-order valence-electron chi connectivity index (χ2n) is 7.95. The zero-order valence-corrected chi connectivity index (χ0v) is 15.7. The summed E-state index contributed by atoms with van der Waals surface area (Å²) in [6.07, 6.45) is 10.6. The van der Waals surface area contributed by atoms with Crippen LogP contribution in [0, 0.1) is 11.8 Å². The first-order valence-corrected chi connectivity index (χ1v) is 10.3. The minimum atomic E-state index is 0.0562. The lowest BCUT2D eigenvalue weighted by Crippen LogP contribution is -2.41. The fraction of sp³-hybridized carbons (Fsp3) is 0.636. The van der Waals surface area contributed by atoms with E-state index < -0.39 is 0 Å². The largest absolute Gasteiger partial charge is 0.353 e. The van der Waals surface area contributed by atoms with Gasteiger partial charge in [-0.05, 0) is 44.1 Å². The maximum absolute atomic E-state index is 12.6. The monoisotopic (exact) mass is 356 g/mol. The molecule has 0 saturated heterocycles. The van der Waals surface area contributed by atoms with Gasteiger partial charge in [0.05, 0.1) is 0 Å². The molecular formula is C22H32N2O2. The third kappa shape index (κ3) is 5.58. The van der Waals surface area contributed by atoms with Crippen LogP contribution in [0.15, 0.2) is 30.3 Å². The molecule has 2 aliphatic carbocycles. The van der Waals surface area contributed by atoms with Crippen LogP contribution < -0.4 is 10.6 Å². The van der Waals surface area contributed by atoms with E-state index in [-0.39, 0.29) is 23.7 Å². The second kappa shape index (κ2) is 9.75. The van der Waals surface area contributed by atoms with Crippen LogP contribution in [0.3, 0.4) is 0 Å². The van der Waals surface area contributed by atoms with Crippen molar-refractivity contribution in [2.45, 2.75) is 76.8 Å². The third-order valence-electron chi connectivity index (χ3n) is 5.98. The van der Waals surface area contributed by atoms with Crippen LogP contribution in [-0.2, 0) is 16.1 Å². The quantitative estimate of drug-likeness (QED) is 0.785. The number of amides is 2. The molecule has 2 fully saturated rings. The van der Waals surface area contributed by atoms with Crippen LogP contribution in [0.5, 0.6) is 0 Å².